The highest BCUT2D eigenvalue weighted by Gasteiger charge is 2.18. The molecule has 0 aliphatic rings. The molecule has 1 heterocycles. The van der Waals surface area contributed by atoms with Crippen molar-refractivity contribution in [1.82, 2.24) is 15.0 Å². The van der Waals surface area contributed by atoms with E-state index in [1.807, 2.05) is 62.4 Å². The Labute approximate surface area is 270 Å². The maximum Gasteiger partial charge on any atom is 0.294 e. The Kier molecular flexibility index (Phi) is 9.57. The monoisotopic (exact) mass is 672 g/mol. The summed E-state index contributed by atoms with van der Waals surface area (Å²) in [5.41, 5.74) is 5.09. The molecule has 0 atom stereocenters. The number of aromatic nitrogens is 3. The number of hydrogen-bond donors (Lipinski definition) is 3. The molecule has 0 aliphatic heterocycles. The average Bonchev–Trinajstić information content (AvgIpc) is 3.01. The Morgan fingerprint density at radius 1 is 0.617 bits per heavy atom. The van der Waals surface area contributed by atoms with E-state index in [1.54, 1.807) is 25.1 Å². The topological polar surface area (TPSA) is 209 Å². The van der Waals surface area contributed by atoms with E-state index < -0.39 is 30.0 Å². The van der Waals surface area contributed by atoms with E-state index in [1.165, 1.54) is 0 Å². The van der Waals surface area contributed by atoms with E-state index in [9.17, 15) is 25.9 Å². The molecule has 240 valence electrons. The summed E-state index contributed by atoms with van der Waals surface area (Å²) in [6, 6.07) is 22.8. The van der Waals surface area contributed by atoms with Crippen molar-refractivity contribution in [3.05, 3.63) is 113 Å². The molecule has 0 bridgehead atoms. The van der Waals surface area contributed by atoms with Crippen LogP contribution in [0.15, 0.2) is 115 Å². The normalized spacial score (nSPS) is 12.2. The summed E-state index contributed by atoms with van der Waals surface area (Å²) in [6.45, 7) is 5.58. The van der Waals surface area contributed by atoms with Gasteiger partial charge in [-0.2, -0.15) is 47.3 Å². The molecule has 5 aromatic rings. The quantitative estimate of drug-likeness (QED) is 0.0985. The number of hydrogen-bond acceptors (Lipinski definition) is 12. The van der Waals surface area contributed by atoms with Gasteiger partial charge in [-0.05, 0) is 98.1 Å². The van der Waals surface area contributed by atoms with Crippen LogP contribution in [0.3, 0.4) is 0 Å². The minimum atomic E-state index is -4.78. The standard InChI is InChI=1S/C31H28N8O6S2/c1-19-13-24(37-36-23-7-5-4-6-8-23)10-9-22(19)15-30-32-21(3)33-31(35-30)34-29-12-11-25(14-20(29)2)38-39-26-16-27(46(40,41)42)18-28(17-26)47(43,44)45/h4-14,16-18H,15H2,1-3H3,(H,40,41,42)(H,43,44,45)(H,32,33,34,35). The molecule has 0 saturated heterocycles. The second-order valence-electron chi connectivity index (χ2n) is 10.4. The molecule has 0 fully saturated rings. The van der Waals surface area contributed by atoms with E-state index in [4.69, 9.17) is 0 Å². The van der Waals surface area contributed by atoms with Crippen LogP contribution in [0.25, 0.3) is 0 Å². The van der Waals surface area contributed by atoms with E-state index in [0.717, 1.165) is 40.2 Å². The van der Waals surface area contributed by atoms with Crippen molar-refractivity contribution in [3.8, 4) is 0 Å². The summed E-state index contributed by atoms with van der Waals surface area (Å²) < 4.78 is 65.0. The molecule has 5 rings (SSSR count). The van der Waals surface area contributed by atoms with E-state index >= 15 is 0 Å². The zero-order valence-electron chi connectivity index (χ0n) is 25.3. The fourth-order valence-corrected chi connectivity index (χ4v) is 5.56. The van der Waals surface area contributed by atoms with Gasteiger partial charge < -0.3 is 5.32 Å². The molecule has 47 heavy (non-hydrogen) atoms. The van der Waals surface area contributed by atoms with Crippen LogP contribution in [0, 0.1) is 20.8 Å². The van der Waals surface area contributed by atoms with Crippen molar-refractivity contribution < 1.29 is 25.9 Å². The molecule has 0 aliphatic carbocycles. The van der Waals surface area contributed by atoms with Gasteiger partial charge in [0, 0.05) is 12.1 Å². The first kappa shape index (κ1) is 33.1. The average molecular weight is 673 g/mol. The van der Waals surface area contributed by atoms with Crippen LogP contribution in [0.5, 0.6) is 0 Å². The highest BCUT2D eigenvalue weighted by Crippen LogP contribution is 2.29. The van der Waals surface area contributed by atoms with Gasteiger partial charge in [0.25, 0.3) is 20.2 Å². The lowest BCUT2D eigenvalue weighted by Crippen LogP contribution is -2.07. The third kappa shape index (κ3) is 8.92. The molecular formula is C31H28N8O6S2. The molecule has 4 aromatic carbocycles. The Morgan fingerprint density at radius 2 is 1.19 bits per heavy atom. The van der Waals surface area contributed by atoms with Gasteiger partial charge in [0.15, 0.2) is 0 Å². The van der Waals surface area contributed by atoms with Gasteiger partial charge in [-0.3, -0.25) is 9.11 Å². The van der Waals surface area contributed by atoms with Crippen molar-refractivity contribution in [2.45, 2.75) is 37.0 Å². The SMILES string of the molecule is Cc1nc(Cc2ccc(N=Nc3ccccc3)cc2C)nc(Nc2ccc(N=Nc3cc(S(=O)(=O)O)cc(S(=O)(=O)O)c3)cc2C)n1. The molecule has 1 aromatic heterocycles. The predicted octanol–water partition coefficient (Wildman–Crippen LogP) is 7.46. The fraction of sp³-hybridized carbons (Fsp3) is 0.129. The van der Waals surface area contributed by atoms with Crippen molar-refractivity contribution in [3.63, 3.8) is 0 Å². The lowest BCUT2D eigenvalue weighted by molar-refractivity contribution is 0.481. The van der Waals surface area contributed by atoms with Gasteiger partial charge in [-0.25, -0.2) is 4.98 Å². The van der Waals surface area contributed by atoms with E-state index in [2.05, 4.69) is 40.7 Å². The second kappa shape index (κ2) is 13.6. The summed E-state index contributed by atoms with van der Waals surface area (Å²) in [4.78, 5) is 12.0. The van der Waals surface area contributed by atoms with Crippen LogP contribution in [0.4, 0.5) is 34.4 Å². The Balaban J connectivity index is 1.31. The van der Waals surface area contributed by atoms with Crippen LogP contribution in [0.2, 0.25) is 0 Å². The number of nitrogens with one attached hydrogen (secondary N) is 1. The molecule has 16 heteroatoms. The molecule has 3 N–H and O–H groups in total. The summed E-state index contributed by atoms with van der Waals surface area (Å²) in [7, 11) is -9.56. The lowest BCUT2D eigenvalue weighted by atomic mass is 10.0. The van der Waals surface area contributed by atoms with Gasteiger partial charge >= 0.3 is 0 Å². The Morgan fingerprint density at radius 3 is 1.79 bits per heavy atom. The number of benzene rings is 4. The van der Waals surface area contributed by atoms with Crippen molar-refractivity contribution in [2.24, 2.45) is 20.5 Å². The van der Waals surface area contributed by atoms with Gasteiger partial charge in [0.05, 0.1) is 32.5 Å². The van der Waals surface area contributed by atoms with Crippen LogP contribution < -0.4 is 5.32 Å². The number of nitrogens with zero attached hydrogens (tertiary/aromatic N) is 7. The van der Waals surface area contributed by atoms with Gasteiger partial charge in [-0.1, -0.05) is 24.3 Å². The molecule has 0 saturated carbocycles. The molecule has 0 spiro atoms. The van der Waals surface area contributed by atoms with Crippen LogP contribution in [-0.2, 0) is 26.7 Å². The summed E-state index contributed by atoms with van der Waals surface area (Å²) in [6.07, 6.45) is 0.469. The van der Waals surface area contributed by atoms with Crippen molar-refractivity contribution in [2.75, 3.05) is 5.32 Å². The maximum absolute atomic E-state index is 11.6. The second-order valence-corrected chi connectivity index (χ2v) is 13.2. The predicted molar refractivity (Wildman–Crippen MR) is 174 cm³/mol. The third-order valence-electron chi connectivity index (χ3n) is 6.70. The Bertz CT molecular complexity index is 2190. The molecule has 0 unspecified atom stereocenters. The molecule has 0 amide bonds. The first-order valence-corrected chi connectivity index (χ1v) is 16.8. The highest BCUT2D eigenvalue weighted by molar-refractivity contribution is 7.86. The third-order valence-corrected chi connectivity index (χ3v) is 8.37. The molecular weight excluding hydrogens is 645 g/mol. The number of azo groups is 2. The number of rotatable bonds is 10. The largest absolute Gasteiger partial charge is 0.324 e. The summed E-state index contributed by atoms with van der Waals surface area (Å²) in [5, 5.41) is 19.7. The van der Waals surface area contributed by atoms with Gasteiger partial charge in [0.2, 0.25) is 5.95 Å². The van der Waals surface area contributed by atoms with E-state index in [-0.39, 0.29) is 5.69 Å². The summed E-state index contributed by atoms with van der Waals surface area (Å²) in [5.74, 6) is 1.44. The maximum atomic E-state index is 11.6. The first-order chi connectivity index (χ1) is 22.2. The number of aryl methyl sites for hydroxylation is 3. The molecule has 14 nitrogen and oxygen atoms in total. The zero-order chi connectivity index (χ0) is 33.8. The van der Waals surface area contributed by atoms with Crippen LogP contribution in [0.1, 0.15) is 28.3 Å². The van der Waals surface area contributed by atoms with Crippen molar-refractivity contribution in [1.29, 1.82) is 0 Å². The smallest absolute Gasteiger partial charge is 0.294 e. The minimum Gasteiger partial charge on any atom is -0.324 e. The molecule has 0 radical (unpaired) electrons. The lowest BCUT2D eigenvalue weighted by Gasteiger charge is -2.11. The number of anilines is 2. The van der Waals surface area contributed by atoms with Gasteiger partial charge in [0.1, 0.15) is 11.6 Å². The van der Waals surface area contributed by atoms with Crippen LogP contribution in [-0.4, -0.2) is 40.9 Å². The fourth-order valence-electron chi connectivity index (χ4n) is 4.39. The first-order valence-electron chi connectivity index (χ1n) is 13.9. The van der Waals surface area contributed by atoms with Crippen molar-refractivity contribution >= 4 is 54.6 Å². The van der Waals surface area contributed by atoms with E-state index in [0.29, 0.717) is 41.5 Å². The zero-order valence-corrected chi connectivity index (χ0v) is 26.9. The summed E-state index contributed by atoms with van der Waals surface area (Å²) >= 11 is 0. The Hall–Kier alpha value is -5.29. The minimum absolute atomic E-state index is 0.220. The van der Waals surface area contributed by atoms with Crippen LogP contribution >= 0.6 is 0 Å². The van der Waals surface area contributed by atoms with Gasteiger partial charge in [-0.15, -0.1) is 0 Å². The highest BCUT2D eigenvalue weighted by atomic mass is 32.2.